The van der Waals surface area contributed by atoms with Crippen LogP contribution in [0.3, 0.4) is 0 Å². The van der Waals surface area contributed by atoms with E-state index in [1.807, 2.05) is 0 Å². The van der Waals surface area contributed by atoms with Crippen molar-refractivity contribution in [3.63, 3.8) is 0 Å². The lowest BCUT2D eigenvalue weighted by Crippen LogP contribution is -2.41. The molecule has 5 nitrogen and oxygen atoms in total. The molecule has 158 valence electrons. The van der Waals surface area contributed by atoms with E-state index in [9.17, 15) is 0 Å². The van der Waals surface area contributed by atoms with E-state index >= 15 is 0 Å². The van der Waals surface area contributed by atoms with Gasteiger partial charge >= 0.3 is 0 Å². The minimum absolute atomic E-state index is 0.390. The molecule has 0 aliphatic carbocycles. The molecule has 1 unspecified atom stereocenters. The largest absolute Gasteiger partial charge is 0.494 e. The third kappa shape index (κ3) is 6.73. The quantitative estimate of drug-likeness (QED) is 0.578. The average molecular weight is 391 g/mol. The normalized spacial score (nSPS) is 21.5. The van der Waals surface area contributed by atoms with Crippen molar-refractivity contribution in [3.05, 3.63) is 29.8 Å². The first-order chi connectivity index (χ1) is 13.8. The van der Waals surface area contributed by atoms with Gasteiger partial charge in [0.05, 0.1) is 19.3 Å². The van der Waals surface area contributed by atoms with Crippen LogP contribution in [0.4, 0.5) is 0 Å². The number of benzene rings is 1. The molecule has 2 saturated heterocycles. The van der Waals surface area contributed by atoms with Crippen molar-refractivity contribution in [2.45, 2.75) is 45.3 Å². The molecule has 2 aliphatic rings. The van der Waals surface area contributed by atoms with Gasteiger partial charge in [-0.2, -0.15) is 0 Å². The molecule has 0 bridgehead atoms. The standard InChI is InChI=1S/C23H38N2O3/c1-3-27-23-9-5-4-7-21(23)18-25(19-22-8-6-15-28-22)17-20-10-12-24(13-11-20)14-16-26-2/h4-5,7,9,20,22H,3,6,8,10-19H2,1-2H3. The van der Waals surface area contributed by atoms with Crippen LogP contribution in [0.1, 0.15) is 38.2 Å². The van der Waals surface area contributed by atoms with Crippen molar-refractivity contribution in [2.75, 3.05) is 59.7 Å². The van der Waals surface area contributed by atoms with Crippen LogP contribution >= 0.6 is 0 Å². The maximum atomic E-state index is 5.95. The molecule has 0 amide bonds. The number of rotatable bonds is 11. The molecule has 0 radical (unpaired) electrons. The van der Waals surface area contributed by atoms with Crippen LogP contribution in [0, 0.1) is 5.92 Å². The summed E-state index contributed by atoms with van der Waals surface area (Å²) in [6.45, 7) is 11.1. The lowest BCUT2D eigenvalue weighted by molar-refractivity contribution is 0.0548. The van der Waals surface area contributed by atoms with Crippen molar-refractivity contribution in [2.24, 2.45) is 5.92 Å². The number of hydrogen-bond acceptors (Lipinski definition) is 5. The smallest absolute Gasteiger partial charge is 0.123 e. The molecular formula is C23H38N2O3. The van der Waals surface area contributed by atoms with Gasteiger partial charge in [-0.25, -0.2) is 0 Å². The molecule has 2 aliphatic heterocycles. The molecule has 0 saturated carbocycles. The fourth-order valence-electron chi connectivity index (χ4n) is 4.43. The second-order valence-corrected chi connectivity index (χ2v) is 8.15. The number of methoxy groups -OCH3 is 1. The molecule has 1 atom stereocenters. The van der Waals surface area contributed by atoms with Gasteiger partial charge in [-0.1, -0.05) is 18.2 Å². The van der Waals surface area contributed by atoms with Gasteiger partial charge in [0, 0.05) is 45.5 Å². The zero-order valence-corrected chi connectivity index (χ0v) is 17.8. The molecule has 0 aromatic heterocycles. The van der Waals surface area contributed by atoms with Gasteiger partial charge in [0.1, 0.15) is 5.75 Å². The van der Waals surface area contributed by atoms with E-state index in [-0.39, 0.29) is 0 Å². The lowest BCUT2D eigenvalue weighted by atomic mass is 9.95. The van der Waals surface area contributed by atoms with E-state index in [2.05, 4.69) is 41.0 Å². The summed E-state index contributed by atoms with van der Waals surface area (Å²) in [5.41, 5.74) is 1.29. The van der Waals surface area contributed by atoms with Crippen LogP contribution in [-0.2, 0) is 16.0 Å². The van der Waals surface area contributed by atoms with Gasteiger partial charge < -0.3 is 19.1 Å². The Morgan fingerprint density at radius 1 is 1.14 bits per heavy atom. The van der Waals surface area contributed by atoms with Gasteiger partial charge in [-0.3, -0.25) is 4.90 Å². The van der Waals surface area contributed by atoms with Gasteiger partial charge in [-0.05, 0) is 57.7 Å². The molecular weight excluding hydrogens is 352 g/mol. The summed E-state index contributed by atoms with van der Waals surface area (Å²) in [7, 11) is 1.79. The molecule has 5 heteroatoms. The summed E-state index contributed by atoms with van der Waals surface area (Å²) < 4.78 is 17.1. The topological polar surface area (TPSA) is 34.2 Å². The predicted molar refractivity (Wildman–Crippen MR) is 113 cm³/mol. The van der Waals surface area contributed by atoms with Gasteiger partial charge in [0.25, 0.3) is 0 Å². The maximum Gasteiger partial charge on any atom is 0.123 e. The zero-order valence-electron chi connectivity index (χ0n) is 17.8. The first kappa shape index (κ1) is 21.6. The van der Waals surface area contributed by atoms with E-state index < -0.39 is 0 Å². The number of likely N-dealkylation sites (tertiary alicyclic amines) is 1. The number of ether oxygens (including phenoxy) is 3. The molecule has 2 heterocycles. The molecule has 1 aromatic rings. The Morgan fingerprint density at radius 2 is 1.96 bits per heavy atom. The Balaban J connectivity index is 1.58. The Morgan fingerprint density at radius 3 is 2.68 bits per heavy atom. The summed E-state index contributed by atoms with van der Waals surface area (Å²) in [4.78, 5) is 5.15. The summed E-state index contributed by atoms with van der Waals surface area (Å²) >= 11 is 0. The van der Waals surface area contributed by atoms with Gasteiger partial charge in [-0.15, -0.1) is 0 Å². The molecule has 0 spiro atoms. The maximum absolute atomic E-state index is 5.95. The Kier molecular flexibility index (Phi) is 9.06. The van der Waals surface area contributed by atoms with Crippen LogP contribution < -0.4 is 4.74 Å². The average Bonchev–Trinajstić information content (AvgIpc) is 3.22. The van der Waals surface area contributed by atoms with E-state index in [1.165, 1.54) is 44.3 Å². The highest BCUT2D eigenvalue weighted by atomic mass is 16.5. The van der Waals surface area contributed by atoms with Crippen LogP contribution in [-0.4, -0.2) is 75.6 Å². The number of hydrogen-bond donors (Lipinski definition) is 0. The van der Waals surface area contributed by atoms with Crippen LogP contribution in [0.5, 0.6) is 5.75 Å². The van der Waals surface area contributed by atoms with E-state index in [0.29, 0.717) is 12.7 Å². The van der Waals surface area contributed by atoms with Crippen molar-refractivity contribution in [3.8, 4) is 5.75 Å². The minimum Gasteiger partial charge on any atom is -0.494 e. The highest BCUT2D eigenvalue weighted by molar-refractivity contribution is 5.33. The summed E-state index contributed by atoms with van der Waals surface area (Å²) in [5.74, 6) is 1.79. The second-order valence-electron chi connectivity index (χ2n) is 8.15. The molecule has 3 rings (SSSR count). The zero-order chi connectivity index (χ0) is 19.6. The summed E-state index contributed by atoms with van der Waals surface area (Å²) in [5, 5.41) is 0. The van der Waals surface area contributed by atoms with Gasteiger partial charge in [0.15, 0.2) is 0 Å². The third-order valence-electron chi connectivity index (χ3n) is 5.99. The second kappa shape index (κ2) is 11.8. The van der Waals surface area contributed by atoms with Crippen molar-refractivity contribution >= 4 is 0 Å². The van der Waals surface area contributed by atoms with E-state index in [1.54, 1.807) is 7.11 Å². The first-order valence-electron chi connectivity index (χ1n) is 11.0. The van der Waals surface area contributed by atoms with E-state index in [0.717, 1.165) is 51.1 Å². The molecule has 0 N–H and O–H groups in total. The van der Waals surface area contributed by atoms with Crippen LogP contribution in [0.15, 0.2) is 24.3 Å². The SMILES string of the molecule is CCOc1ccccc1CN(CC1CCN(CCOC)CC1)CC1CCCO1. The third-order valence-corrected chi connectivity index (χ3v) is 5.99. The van der Waals surface area contributed by atoms with Crippen molar-refractivity contribution in [1.29, 1.82) is 0 Å². The number of piperidine rings is 1. The highest BCUT2D eigenvalue weighted by Gasteiger charge is 2.25. The van der Waals surface area contributed by atoms with Crippen LogP contribution in [0.25, 0.3) is 0 Å². The molecule has 1 aromatic carbocycles. The summed E-state index contributed by atoms with van der Waals surface area (Å²) in [6.07, 6.45) is 5.34. The molecule has 28 heavy (non-hydrogen) atoms. The van der Waals surface area contributed by atoms with Crippen molar-refractivity contribution in [1.82, 2.24) is 9.80 Å². The monoisotopic (exact) mass is 390 g/mol. The lowest BCUT2D eigenvalue weighted by Gasteiger charge is -2.35. The highest BCUT2D eigenvalue weighted by Crippen LogP contribution is 2.25. The Bertz CT molecular complexity index is 555. The van der Waals surface area contributed by atoms with E-state index in [4.69, 9.17) is 14.2 Å². The molecule has 2 fully saturated rings. The van der Waals surface area contributed by atoms with Crippen molar-refractivity contribution < 1.29 is 14.2 Å². The first-order valence-corrected chi connectivity index (χ1v) is 11.0. The number of nitrogens with zero attached hydrogens (tertiary/aromatic N) is 2. The fourth-order valence-corrected chi connectivity index (χ4v) is 4.43. The minimum atomic E-state index is 0.390. The Labute approximate surface area is 170 Å². The van der Waals surface area contributed by atoms with Crippen LogP contribution in [0.2, 0.25) is 0 Å². The van der Waals surface area contributed by atoms with Gasteiger partial charge in [0.2, 0.25) is 0 Å². The number of para-hydroxylation sites is 1. The fraction of sp³-hybridized carbons (Fsp3) is 0.739. The Hall–Kier alpha value is -1.14. The predicted octanol–water partition coefficient (Wildman–Crippen LogP) is 3.42. The summed E-state index contributed by atoms with van der Waals surface area (Å²) in [6, 6.07) is 8.49.